The van der Waals surface area contributed by atoms with Gasteiger partial charge in [-0.15, -0.1) is 0 Å². The third-order valence-corrected chi connectivity index (χ3v) is 1.83. The maximum Gasteiger partial charge on any atom is 0.122 e. The van der Waals surface area contributed by atoms with E-state index in [2.05, 4.69) is 0 Å². The van der Waals surface area contributed by atoms with Gasteiger partial charge in [-0.2, -0.15) is 0 Å². The smallest absolute Gasteiger partial charge is 0.122 e. The number of methoxy groups -OCH3 is 1. The summed E-state index contributed by atoms with van der Waals surface area (Å²) in [6, 6.07) is 5.30. The number of nitrogens with two attached hydrogens (primary N) is 1. The van der Waals surface area contributed by atoms with Crippen LogP contribution in [0.15, 0.2) is 18.2 Å². The molecule has 0 amide bonds. The third kappa shape index (κ3) is 2.63. The molecule has 0 saturated carbocycles. The van der Waals surface area contributed by atoms with Gasteiger partial charge >= 0.3 is 0 Å². The number of rotatable bonds is 3. The first-order valence-electron chi connectivity index (χ1n) is 4.25. The van der Waals surface area contributed by atoms with Gasteiger partial charge in [-0.3, -0.25) is 0 Å². The van der Waals surface area contributed by atoms with Crippen molar-refractivity contribution in [3.63, 3.8) is 0 Å². The summed E-state index contributed by atoms with van der Waals surface area (Å²) >= 11 is 0. The molecule has 72 valence electrons. The molecule has 0 bridgehead atoms. The van der Waals surface area contributed by atoms with Gasteiger partial charge < -0.3 is 15.6 Å². The van der Waals surface area contributed by atoms with Crippen LogP contribution in [0.25, 0.3) is 0 Å². The zero-order valence-corrected chi connectivity index (χ0v) is 7.95. The Kier molecular flexibility index (Phi) is 3.14. The Morgan fingerprint density at radius 2 is 2.23 bits per heavy atom. The number of hydrogen-bond donors (Lipinski definition) is 2. The van der Waals surface area contributed by atoms with Crippen LogP contribution in [0.3, 0.4) is 0 Å². The Bertz CT molecular complexity index is 284. The lowest BCUT2D eigenvalue weighted by molar-refractivity contribution is 0.406. The molecule has 0 radical (unpaired) electrons. The number of ether oxygens (including phenoxy) is 1. The van der Waals surface area contributed by atoms with Gasteiger partial charge in [0, 0.05) is 12.1 Å². The Balaban J connectivity index is 2.85. The van der Waals surface area contributed by atoms with E-state index in [0.29, 0.717) is 12.2 Å². The molecule has 1 rings (SSSR count). The fourth-order valence-corrected chi connectivity index (χ4v) is 1.19. The van der Waals surface area contributed by atoms with E-state index >= 15 is 0 Å². The average molecular weight is 181 g/mol. The van der Waals surface area contributed by atoms with Crippen LogP contribution in [0.2, 0.25) is 0 Å². The van der Waals surface area contributed by atoms with Crippen molar-refractivity contribution < 1.29 is 9.84 Å². The van der Waals surface area contributed by atoms with Gasteiger partial charge in [0.05, 0.1) is 7.11 Å². The van der Waals surface area contributed by atoms with E-state index in [1.807, 2.05) is 19.1 Å². The van der Waals surface area contributed by atoms with E-state index in [-0.39, 0.29) is 11.8 Å². The minimum absolute atomic E-state index is 0.0549. The number of benzene rings is 1. The van der Waals surface area contributed by atoms with Crippen molar-refractivity contribution in [1.29, 1.82) is 0 Å². The van der Waals surface area contributed by atoms with E-state index < -0.39 is 0 Å². The molecule has 0 aromatic heterocycles. The minimum atomic E-state index is 0.0549. The molecule has 0 saturated heterocycles. The number of phenols is 1. The summed E-state index contributed by atoms with van der Waals surface area (Å²) in [5.41, 5.74) is 6.48. The van der Waals surface area contributed by atoms with Gasteiger partial charge in [-0.05, 0) is 25.0 Å². The number of aromatic hydroxyl groups is 1. The molecule has 0 aliphatic rings. The molecule has 0 heterocycles. The summed E-state index contributed by atoms with van der Waals surface area (Å²) in [6.07, 6.45) is 0.676. The molecule has 3 N–H and O–H groups in total. The monoisotopic (exact) mass is 181 g/mol. The highest BCUT2D eigenvalue weighted by atomic mass is 16.5. The summed E-state index contributed by atoms with van der Waals surface area (Å²) in [5.74, 6) is 0.905. The summed E-state index contributed by atoms with van der Waals surface area (Å²) in [5, 5.41) is 9.54. The van der Waals surface area contributed by atoms with Crippen molar-refractivity contribution in [2.45, 2.75) is 19.4 Å². The summed E-state index contributed by atoms with van der Waals surface area (Å²) in [7, 11) is 1.57. The molecule has 0 aliphatic carbocycles. The molecule has 0 spiro atoms. The third-order valence-electron chi connectivity index (χ3n) is 1.83. The van der Waals surface area contributed by atoms with Crippen LogP contribution in [0, 0.1) is 0 Å². The highest BCUT2D eigenvalue weighted by Gasteiger charge is 2.04. The summed E-state index contributed by atoms with van der Waals surface area (Å²) < 4.78 is 4.96. The molecule has 3 heteroatoms. The van der Waals surface area contributed by atoms with Crippen molar-refractivity contribution >= 4 is 0 Å². The van der Waals surface area contributed by atoms with E-state index in [0.717, 1.165) is 5.56 Å². The maximum atomic E-state index is 9.54. The zero-order chi connectivity index (χ0) is 9.84. The molecule has 1 aromatic carbocycles. The van der Waals surface area contributed by atoms with Crippen molar-refractivity contribution in [3.8, 4) is 11.5 Å². The first kappa shape index (κ1) is 9.86. The second kappa shape index (κ2) is 4.14. The van der Waals surface area contributed by atoms with Crippen LogP contribution >= 0.6 is 0 Å². The molecule has 0 unspecified atom stereocenters. The topological polar surface area (TPSA) is 55.5 Å². The Labute approximate surface area is 78.1 Å². The van der Waals surface area contributed by atoms with Gasteiger partial charge in [0.2, 0.25) is 0 Å². The van der Waals surface area contributed by atoms with Crippen molar-refractivity contribution in [2.75, 3.05) is 7.11 Å². The van der Waals surface area contributed by atoms with Gasteiger partial charge in [0.15, 0.2) is 0 Å². The molecule has 0 aliphatic heterocycles. The van der Waals surface area contributed by atoms with E-state index in [1.165, 1.54) is 0 Å². The lowest BCUT2D eigenvalue weighted by Crippen LogP contribution is -2.17. The second-order valence-corrected chi connectivity index (χ2v) is 3.18. The average Bonchev–Trinajstić information content (AvgIpc) is 2.08. The lowest BCUT2D eigenvalue weighted by Gasteiger charge is -2.08. The SMILES string of the molecule is COc1ccc(C[C@@H](C)N)c(O)c1. The highest BCUT2D eigenvalue weighted by molar-refractivity contribution is 5.39. The zero-order valence-electron chi connectivity index (χ0n) is 7.95. The van der Waals surface area contributed by atoms with Crippen LogP contribution < -0.4 is 10.5 Å². The van der Waals surface area contributed by atoms with E-state index in [4.69, 9.17) is 10.5 Å². The Morgan fingerprint density at radius 1 is 1.54 bits per heavy atom. The van der Waals surface area contributed by atoms with Gasteiger partial charge in [-0.1, -0.05) is 6.07 Å². The number of hydrogen-bond acceptors (Lipinski definition) is 3. The maximum absolute atomic E-state index is 9.54. The first-order chi connectivity index (χ1) is 6.13. The number of phenolic OH excluding ortho intramolecular Hbond substituents is 1. The quantitative estimate of drug-likeness (QED) is 0.738. The predicted molar refractivity (Wildman–Crippen MR) is 52.0 cm³/mol. The van der Waals surface area contributed by atoms with Crippen LogP contribution in [-0.4, -0.2) is 18.3 Å². The van der Waals surface area contributed by atoms with Crippen molar-refractivity contribution in [2.24, 2.45) is 5.73 Å². The van der Waals surface area contributed by atoms with Crippen molar-refractivity contribution in [3.05, 3.63) is 23.8 Å². The molecule has 1 aromatic rings. The molecular weight excluding hydrogens is 166 g/mol. The van der Waals surface area contributed by atoms with E-state index in [1.54, 1.807) is 13.2 Å². The fraction of sp³-hybridized carbons (Fsp3) is 0.400. The predicted octanol–water partition coefficient (Wildman–Crippen LogP) is 1.29. The van der Waals surface area contributed by atoms with Gasteiger partial charge in [0.1, 0.15) is 11.5 Å². The van der Waals surface area contributed by atoms with Crippen molar-refractivity contribution in [1.82, 2.24) is 0 Å². The fourth-order valence-electron chi connectivity index (χ4n) is 1.19. The largest absolute Gasteiger partial charge is 0.508 e. The molecule has 13 heavy (non-hydrogen) atoms. The lowest BCUT2D eigenvalue weighted by atomic mass is 10.1. The minimum Gasteiger partial charge on any atom is -0.508 e. The van der Waals surface area contributed by atoms with Crippen LogP contribution in [0.5, 0.6) is 11.5 Å². The second-order valence-electron chi connectivity index (χ2n) is 3.18. The molecule has 0 fully saturated rings. The highest BCUT2D eigenvalue weighted by Crippen LogP contribution is 2.23. The first-order valence-corrected chi connectivity index (χ1v) is 4.25. The molecule has 1 atom stereocenters. The molecular formula is C10H15NO2. The summed E-state index contributed by atoms with van der Waals surface area (Å²) in [4.78, 5) is 0. The van der Waals surface area contributed by atoms with Gasteiger partial charge in [-0.25, -0.2) is 0 Å². The molecule has 3 nitrogen and oxygen atoms in total. The van der Waals surface area contributed by atoms with E-state index in [9.17, 15) is 5.11 Å². The summed E-state index contributed by atoms with van der Waals surface area (Å²) in [6.45, 7) is 1.91. The standard InChI is InChI=1S/C10H15NO2/c1-7(11)5-8-3-4-9(13-2)6-10(8)12/h3-4,6-7,12H,5,11H2,1-2H3/t7-/m1/s1. The Hall–Kier alpha value is -1.22. The normalized spacial score (nSPS) is 12.5. The van der Waals surface area contributed by atoms with Crippen LogP contribution in [0.4, 0.5) is 0 Å². The Morgan fingerprint density at radius 3 is 2.69 bits per heavy atom. The van der Waals surface area contributed by atoms with Crippen LogP contribution in [0.1, 0.15) is 12.5 Å². The van der Waals surface area contributed by atoms with Crippen LogP contribution in [-0.2, 0) is 6.42 Å². The van der Waals surface area contributed by atoms with Gasteiger partial charge in [0.25, 0.3) is 0 Å².